The summed E-state index contributed by atoms with van der Waals surface area (Å²) in [5, 5.41) is 15.1. The van der Waals surface area contributed by atoms with Gasteiger partial charge < -0.3 is 29.7 Å². The second-order valence-corrected chi connectivity index (χ2v) is 13.1. The molecule has 0 aliphatic carbocycles. The Morgan fingerprint density at radius 1 is 1.11 bits per heavy atom. The van der Waals surface area contributed by atoms with E-state index in [0.29, 0.717) is 43.8 Å². The number of anilines is 1. The summed E-state index contributed by atoms with van der Waals surface area (Å²) in [6.07, 6.45) is 7.01. The standard InChI is InChI=1S/C35H37F3N6O3/c1-5-23-25(36)10-7-19-13-22(45)14-24(27(19)23)30-29(38)31-28(33(40-30)46-4)32(44-15-20-8-9-21(16-44)39-20)42-34(41-31)47-18-35(3)17-43(6-2)12-11-26(35)37/h1,7,10,13-14,20-21,26,39,45H,6,8-9,11-12,15-18H2,2-4H3/t20-,21+,26-,35-/m0/s1. The van der Waals surface area contributed by atoms with Gasteiger partial charge in [0, 0.05) is 54.6 Å². The number of terminal acetylenes is 1. The monoisotopic (exact) mass is 646 g/mol. The normalized spacial score (nSPS) is 24.5. The SMILES string of the molecule is C#Cc1c(F)ccc2cc(O)cc(-c3nc(OC)c4c(N5C[C@H]6CC[C@@H](C5)N6)nc(OC[C@]5(C)CN(CC)CC[C@@H]5F)nc4c3F)c12. The molecule has 2 bridgehead atoms. The molecule has 3 fully saturated rings. The van der Waals surface area contributed by atoms with Crippen molar-refractivity contribution in [3.63, 3.8) is 0 Å². The summed E-state index contributed by atoms with van der Waals surface area (Å²) in [7, 11) is 1.41. The third-order valence-corrected chi connectivity index (χ3v) is 9.89. The highest BCUT2D eigenvalue weighted by atomic mass is 19.1. The number of phenolic OH excluding ortho intramolecular Hbond substituents is 1. The maximum absolute atomic E-state index is 17.0. The molecule has 9 nitrogen and oxygen atoms in total. The molecule has 2 N–H and O–H groups in total. The van der Waals surface area contributed by atoms with Crippen molar-refractivity contribution in [1.82, 2.24) is 25.2 Å². The van der Waals surface area contributed by atoms with Gasteiger partial charge in [-0.05, 0) is 49.4 Å². The van der Waals surface area contributed by atoms with Crippen LogP contribution in [0.3, 0.4) is 0 Å². The zero-order valence-electron chi connectivity index (χ0n) is 26.6. The van der Waals surface area contributed by atoms with Crippen molar-refractivity contribution in [3.8, 4) is 41.2 Å². The van der Waals surface area contributed by atoms with Gasteiger partial charge in [0.15, 0.2) is 5.82 Å². The summed E-state index contributed by atoms with van der Waals surface area (Å²) in [5.41, 5.74) is -1.22. The highest BCUT2D eigenvalue weighted by Crippen LogP contribution is 2.43. The maximum Gasteiger partial charge on any atom is 0.319 e. The van der Waals surface area contributed by atoms with Crippen LogP contribution in [0.25, 0.3) is 32.9 Å². The Morgan fingerprint density at radius 2 is 1.87 bits per heavy atom. The predicted molar refractivity (Wildman–Crippen MR) is 174 cm³/mol. The predicted octanol–water partition coefficient (Wildman–Crippen LogP) is 5.21. The third kappa shape index (κ3) is 5.45. The van der Waals surface area contributed by atoms with E-state index in [2.05, 4.69) is 31.0 Å². The molecule has 0 spiro atoms. The van der Waals surface area contributed by atoms with Crippen molar-refractivity contribution in [2.45, 2.75) is 51.4 Å². The van der Waals surface area contributed by atoms with Crippen molar-refractivity contribution >= 4 is 27.5 Å². The Bertz CT molecular complexity index is 1910. The minimum atomic E-state index is -1.09. The number of methoxy groups -OCH3 is 1. The summed E-state index contributed by atoms with van der Waals surface area (Å²) in [4.78, 5) is 18.1. The number of piperidine rings is 1. The summed E-state index contributed by atoms with van der Waals surface area (Å²) in [6, 6.07) is 5.73. The molecule has 246 valence electrons. The molecule has 2 aromatic heterocycles. The number of pyridine rings is 1. The van der Waals surface area contributed by atoms with Crippen LogP contribution in [0.2, 0.25) is 0 Å². The van der Waals surface area contributed by atoms with Crippen LogP contribution in [0, 0.1) is 29.4 Å². The number of rotatable bonds is 7. The third-order valence-electron chi connectivity index (χ3n) is 9.89. The van der Waals surface area contributed by atoms with Gasteiger partial charge in [0.1, 0.15) is 46.8 Å². The van der Waals surface area contributed by atoms with E-state index >= 15 is 8.78 Å². The number of likely N-dealkylation sites (tertiary alicyclic amines) is 1. The smallest absolute Gasteiger partial charge is 0.319 e. The van der Waals surface area contributed by atoms with Crippen LogP contribution in [0.1, 0.15) is 38.7 Å². The average Bonchev–Trinajstić information content (AvgIpc) is 3.41. The molecule has 4 aromatic rings. The van der Waals surface area contributed by atoms with Crippen LogP contribution < -0.4 is 19.7 Å². The number of benzene rings is 2. The van der Waals surface area contributed by atoms with Crippen molar-refractivity contribution in [2.24, 2.45) is 5.41 Å². The number of hydrogen-bond donors (Lipinski definition) is 2. The van der Waals surface area contributed by atoms with Gasteiger partial charge in [0.05, 0.1) is 12.7 Å². The lowest BCUT2D eigenvalue weighted by molar-refractivity contribution is -0.0154. The molecule has 0 unspecified atom stereocenters. The Kier molecular flexibility index (Phi) is 8.00. The zero-order chi connectivity index (χ0) is 33.0. The van der Waals surface area contributed by atoms with Gasteiger partial charge in [0.2, 0.25) is 5.88 Å². The van der Waals surface area contributed by atoms with Gasteiger partial charge in [-0.3, -0.25) is 0 Å². The van der Waals surface area contributed by atoms with Crippen LogP contribution in [-0.4, -0.2) is 89.7 Å². The number of phenols is 1. The average molecular weight is 647 g/mol. The second kappa shape index (κ2) is 12.0. The van der Waals surface area contributed by atoms with Crippen LogP contribution in [0.5, 0.6) is 17.6 Å². The Hall–Kier alpha value is -4.34. The van der Waals surface area contributed by atoms with Gasteiger partial charge >= 0.3 is 6.01 Å². The summed E-state index contributed by atoms with van der Waals surface area (Å²) in [5.74, 6) is 1.09. The van der Waals surface area contributed by atoms with Crippen LogP contribution in [-0.2, 0) is 0 Å². The fraction of sp³-hybridized carbons (Fsp3) is 0.457. The van der Waals surface area contributed by atoms with E-state index in [9.17, 15) is 9.50 Å². The number of alkyl halides is 1. The van der Waals surface area contributed by atoms with E-state index < -0.39 is 23.2 Å². The number of halogens is 3. The molecule has 3 aliphatic rings. The number of aromatic hydroxyl groups is 1. The minimum absolute atomic E-state index is 0.0128. The largest absolute Gasteiger partial charge is 0.508 e. The zero-order valence-corrected chi connectivity index (χ0v) is 26.6. The first-order valence-electron chi connectivity index (χ1n) is 16.0. The van der Waals surface area contributed by atoms with Crippen LogP contribution in [0.4, 0.5) is 19.0 Å². The quantitative estimate of drug-likeness (QED) is 0.263. The maximum atomic E-state index is 17.0. The lowest BCUT2D eigenvalue weighted by Crippen LogP contribution is -2.51. The topological polar surface area (TPSA) is 95.9 Å². The van der Waals surface area contributed by atoms with Gasteiger partial charge in [-0.2, -0.15) is 9.97 Å². The van der Waals surface area contributed by atoms with Gasteiger partial charge in [0.25, 0.3) is 0 Å². The molecular weight excluding hydrogens is 609 g/mol. The molecule has 3 saturated heterocycles. The molecular formula is C35H37F3N6O3. The van der Waals surface area contributed by atoms with Crippen molar-refractivity contribution in [1.29, 1.82) is 0 Å². The lowest BCUT2D eigenvalue weighted by atomic mass is 9.81. The molecule has 0 radical (unpaired) electrons. The van der Waals surface area contributed by atoms with E-state index in [1.165, 1.54) is 31.4 Å². The second-order valence-electron chi connectivity index (χ2n) is 13.1. The molecule has 5 heterocycles. The highest BCUT2D eigenvalue weighted by molar-refractivity contribution is 6.04. The van der Waals surface area contributed by atoms with E-state index in [1.807, 2.05) is 13.8 Å². The number of hydrogen-bond acceptors (Lipinski definition) is 9. The van der Waals surface area contributed by atoms with Crippen molar-refractivity contribution < 1.29 is 27.8 Å². The van der Waals surface area contributed by atoms with E-state index in [-0.39, 0.29) is 69.4 Å². The van der Waals surface area contributed by atoms with E-state index in [4.69, 9.17) is 20.9 Å². The lowest BCUT2D eigenvalue weighted by Gasteiger charge is -2.42. The number of piperazine rings is 1. The summed E-state index contributed by atoms with van der Waals surface area (Å²) >= 11 is 0. The molecule has 12 heteroatoms. The number of nitrogens with one attached hydrogen (secondary N) is 1. The van der Waals surface area contributed by atoms with Crippen molar-refractivity contribution in [2.75, 3.05) is 51.3 Å². The van der Waals surface area contributed by atoms with E-state index in [1.54, 1.807) is 0 Å². The first-order chi connectivity index (χ1) is 22.6. The number of nitrogens with zero attached hydrogens (tertiary/aromatic N) is 5. The number of aromatic nitrogens is 3. The molecule has 0 saturated carbocycles. The molecule has 0 amide bonds. The van der Waals surface area contributed by atoms with Gasteiger partial charge in [-0.25, -0.2) is 18.2 Å². The van der Waals surface area contributed by atoms with Crippen LogP contribution >= 0.6 is 0 Å². The Balaban J connectivity index is 1.42. The first-order valence-corrected chi connectivity index (χ1v) is 16.0. The Labute approximate surface area is 271 Å². The fourth-order valence-corrected chi connectivity index (χ4v) is 7.41. The summed E-state index contributed by atoms with van der Waals surface area (Å²) in [6.45, 7) is 7.07. The molecule has 4 atom stereocenters. The Morgan fingerprint density at radius 3 is 2.57 bits per heavy atom. The minimum Gasteiger partial charge on any atom is -0.508 e. The molecule has 3 aliphatic heterocycles. The van der Waals surface area contributed by atoms with Crippen molar-refractivity contribution in [3.05, 3.63) is 41.5 Å². The van der Waals surface area contributed by atoms with Gasteiger partial charge in [-0.1, -0.05) is 25.8 Å². The number of ether oxygens (including phenoxy) is 2. The molecule has 7 rings (SSSR count). The highest BCUT2D eigenvalue weighted by Gasteiger charge is 2.41. The fourth-order valence-electron chi connectivity index (χ4n) is 7.41. The number of fused-ring (bicyclic) bond motifs is 4. The molecule has 47 heavy (non-hydrogen) atoms. The first kappa shape index (κ1) is 31.3. The summed E-state index contributed by atoms with van der Waals surface area (Å²) < 4.78 is 59.1. The van der Waals surface area contributed by atoms with Gasteiger partial charge in [-0.15, -0.1) is 6.42 Å². The van der Waals surface area contributed by atoms with E-state index in [0.717, 1.165) is 19.4 Å². The van der Waals surface area contributed by atoms with Crippen LogP contribution in [0.15, 0.2) is 24.3 Å². The molecule has 2 aromatic carbocycles.